The molecule has 156 valence electrons. The van der Waals surface area contributed by atoms with E-state index in [0.29, 0.717) is 0 Å². The Bertz CT molecular complexity index is 957. The van der Waals surface area contributed by atoms with Crippen LogP contribution in [0.25, 0.3) is 16.3 Å². The van der Waals surface area contributed by atoms with Gasteiger partial charge < -0.3 is 0 Å². The van der Waals surface area contributed by atoms with Gasteiger partial charge in [-0.1, -0.05) is 90.5 Å². The lowest BCUT2D eigenvalue weighted by molar-refractivity contribution is 0.569. The van der Waals surface area contributed by atoms with E-state index in [-0.39, 0.29) is 10.8 Å². The molecule has 0 aliphatic heterocycles. The highest BCUT2D eigenvalue weighted by Gasteiger charge is 2.33. The largest absolute Gasteiger partial charge is 0.181 e. The summed E-state index contributed by atoms with van der Waals surface area (Å²) in [6, 6.07) is 12.0. The Kier molecular flexibility index (Phi) is 5.50. The number of hydrogen-bond donors (Lipinski definition) is 0. The summed E-state index contributed by atoms with van der Waals surface area (Å²) in [6.45, 7) is 22.9. The van der Waals surface area contributed by atoms with E-state index in [9.17, 15) is 0 Å². The Labute approximate surface area is 184 Å². The van der Waals surface area contributed by atoms with Crippen LogP contribution in [-0.2, 0) is 17.3 Å². The molecule has 3 rings (SSSR count). The number of aryl methyl sites for hydroxylation is 1. The van der Waals surface area contributed by atoms with Crippen LogP contribution in [-0.4, -0.2) is 7.38 Å². The molecule has 0 aromatic heterocycles. The van der Waals surface area contributed by atoms with Crippen LogP contribution >= 0.6 is 11.1 Å². The molecule has 29 heavy (non-hydrogen) atoms. The first kappa shape index (κ1) is 22.4. The molecule has 0 atom stereocenters. The van der Waals surface area contributed by atoms with Crippen LogP contribution in [0.1, 0.15) is 76.3 Å². The fourth-order valence-electron chi connectivity index (χ4n) is 4.55. The van der Waals surface area contributed by atoms with Crippen molar-refractivity contribution in [1.82, 2.24) is 0 Å². The van der Waals surface area contributed by atoms with Gasteiger partial charge in [0.1, 0.15) is 0 Å². The Hall–Kier alpha value is -1.31. The number of benzene rings is 2. The zero-order valence-electron chi connectivity index (χ0n) is 20.0. The fourth-order valence-corrected chi connectivity index (χ4v) is 7.30. The maximum absolute atomic E-state index is 6.96. The monoisotopic (exact) mass is 424 g/mol. The standard InChI is InChI=1S/C27H37ClSi/c1-17-11-22(23-13-18(2)25(24(23)12-17)29(9,10)28)19-14-20(26(3,4)5)16-21(15-19)27(6,7)8/h11-12,14-16H,13H2,1-10H3. The fraction of sp³-hybridized carbons (Fsp3) is 0.481. The Morgan fingerprint density at radius 2 is 1.24 bits per heavy atom. The smallest absolute Gasteiger partial charge is 0.161 e. The normalized spacial score (nSPS) is 15.1. The van der Waals surface area contributed by atoms with Gasteiger partial charge in [0.2, 0.25) is 0 Å². The Morgan fingerprint density at radius 3 is 1.69 bits per heavy atom. The summed E-state index contributed by atoms with van der Waals surface area (Å²) in [5, 5.41) is 1.45. The molecule has 0 heterocycles. The minimum absolute atomic E-state index is 0.118. The van der Waals surface area contributed by atoms with Crippen LogP contribution < -0.4 is 0 Å². The summed E-state index contributed by atoms with van der Waals surface area (Å²) >= 11 is 6.96. The van der Waals surface area contributed by atoms with E-state index in [1.807, 2.05) is 0 Å². The summed E-state index contributed by atoms with van der Waals surface area (Å²) < 4.78 is 0. The van der Waals surface area contributed by atoms with Gasteiger partial charge in [0.25, 0.3) is 0 Å². The maximum atomic E-state index is 6.96. The number of fused-ring (bicyclic) bond motifs is 1. The second-order valence-corrected chi connectivity index (χ2v) is 17.7. The lowest BCUT2D eigenvalue weighted by atomic mass is 9.78. The van der Waals surface area contributed by atoms with Gasteiger partial charge in [0.15, 0.2) is 7.38 Å². The lowest BCUT2D eigenvalue weighted by Gasteiger charge is -2.27. The molecule has 0 saturated heterocycles. The van der Waals surface area contributed by atoms with E-state index in [1.54, 1.807) is 0 Å². The highest BCUT2D eigenvalue weighted by molar-refractivity contribution is 7.29. The van der Waals surface area contributed by atoms with Crippen LogP contribution in [0.4, 0.5) is 0 Å². The van der Waals surface area contributed by atoms with Gasteiger partial charge in [0.05, 0.1) is 0 Å². The summed E-state index contributed by atoms with van der Waals surface area (Å²) in [4.78, 5) is 0. The van der Waals surface area contributed by atoms with Gasteiger partial charge in [-0.2, -0.15) is 11.1 Å². The topological polar surface area (TPSA) is 0 Å². The number of allylic oxidation sites excluding steroid dienone is 1. The highest BCUT2D eigenvalue weighted by Crippen LogP contribution is 2.45. The second kappa shape index (κ2) is 7.13. The molecule has 1 aliphatic rings. The van der Waals surface area contributed by atoms with Crippen molar-refractivity contribution in [2.45, 2.75) is 85.7 Å². The average Bonchev–Trinajstić information content (AvgIpc) is 2.87. The van der Waals surface area contributed by atoms with Crippen molar-refractivity contribution in [2.75, 3.05) is 0 Å². The molecule has 0 N–H and O–H groups in total. The van der Waals surface area contributed by atoms with Gasteiger partial charge >= 0.3 is 0 Å². The third-order valence-corrected chi connectivity index (χ3v) is 8.55. The number of halogens is 1. The van der Waals surface area contributed by atoms with Crippen LogP contribution in [0.5, 0.6) is 0 Å². The van der Waals surface area contributed by atoms with Crippen molar-refractivity contribution in [3.63, 3.8) is 0 Å². The molecule has 0 amide bonds. The molecular formula is C27H37ClSi. The van der Waals surface area contributed by atoms with Crippen LogP contribution in [0.15, 0.2) is 35.9 Å². The van der Waals surface area contributed by atoms with E-state index in [1.165, 1.54) is 49.7 Å². The molecule has 0 bridgehead atoms. The molecule has 0 radical (unpaired) electrons. The van der Waals surface area contributed by atoms with Crippen molar-refractivity contribution >= 4 is 23.7 Å². The predicted octanol–water partition coefficient (Wildman–Crippen LogP) is 8.57. The van der Waals surface area contributed by atoms with E-state index < -0.39 is 7.38 Å². The number of rotatable bonds is 2. The molecule has 0 spiro atoms. The molecule has 1 aliphatic carbocycles. The van der Waals surface area contributed by atoms with E-state index in [2.05, 4.69) is 98.8 Å². The zero-order chi connectivity index (χ0) is 21.9. The van der Waals surface area contributed by atoms with Gasteiger partial charge in [0, 0.05) is 0 Å². The van der Waals surface area contributed by atoms with Crippen LogP contribution in [0.3, 0.4) is 0 Å². The third kappa shape index (κ3) is 4.42. The first-order valence-corrected chi connectivity index (χ1v) is 14.8. The summed E-state index contributed by atoms with van der Waals surface area (Å²) in [6.07, 6.45) is 1.02. The summed E-state index contributed by atoms with van der Waals surface area (Å²) in [5.74, 6) is 0. The van der Waals surface area contributed by atoms with E-state index >= 15 is 0 Å². The average molecular weight is 425 g/mol. The molecule has 0 unspecified atom stereocenters. The molecule has 2 heteroatoms. The summed E-state index contributed by atoms with van der Waals surface area (Å²) in [5.41, 5.74) is 11.4. The first-order chi connectivity index (χ1) is 13.1. The van der Waals surface area contributed by atoms with Crippen molar-refractivity contribution in [2.24, 2.45) is 0 Å². The zero-order valence-corrected chi connectivity index (χ0v) is 21.7. The lowest BCUT2D eigenvalue weighted by Crippen LogP contribution is -2.19. The van der Waals surface area contributed by atoms with Gasteiger partial charge in [-0.25, -0.2) is 0 Å². The SMILES string of the molecule is CC1=C([Si](C)(C)Cl)c2cc(C)cc(-c3cc(C(C)(C)C)cc(C(C)(C)C)c3)c2C1. The molecule has 2 aromatic carbocycles. The van der Waals surface area contributed by atoms with Gasteiger partial charge in [-0.15, -0.1) is 0 Å². The van der Waals surface area contributed by atoms with Crippen LogP contribution in [0, 0.1) is 6.92 Å². The second-order valence-electron chi connectivity index (χ2n) is 11.4. The first-order valence-electron chi connectivity index (χ1n) is 10.8. The quantitative estimate of drug-likeness (QED) is 0.334. The van der Waals surface area contributed by atoms with E-state index in [0.717, 1.165) is 6.42 Å². The molecule has 0 nitrogen and oxygen atoms in total. The predicted molar refractivity (Wildman–Crippen MR) is 134 cm³/mol. The number of hydrogen-bond acceptors (Lipinski definition) is 0. The molecule has 0 fully saturated rings. The maximum Gasteiger partial charge on any atom is 0.181 e. The minimum atomic E-state index is -1.92. The minimum Gasteiger partial charge on any atom is -0.161 e. The highest BCUT2D eigenvalue weighted by atomic mass is 35.6. The van der Waals surface area contributed by atoms with Crippen molar-refractivity contribution in [1.29, 1.82) is 0 Å². The Balaban J connectivity index is 2.30. The van der Waals surface area contributed by atoms with Crippen molar-refractivity contribution in [3.05, 3.63) is 63.7 Å². The molecule has 0 saturated carbocycles. The summed E-state index contributed by atoms with van der Waals surface area (Å²) in [7, 11) is -1.92. The van der Waals surface area contributed by atoms with Gasteiger partial charge in [-0.05, 0) is 75.2 Å². The van der Waals surface area contributed by atoms with E-state index in [4.69, 9.17) is 11.1 Å². The van der Waals surface area contributed by atoms with Crippen LogP contribution in [0.2, 0.25) is 13.1 Å². The van der Waals surface area contributed by atoms with Crippen molar-refractivity contribution in [3.8, 4) is 11.1 Å². The van der Waals surface area contributed by atoms with Gasteiger partial charge in [-0.3, -0.25) is 0 Å². The molecular weight excluding hydrogens is 388 g/mol. The molecule has 2 aromatic rings. The van der Waals surface area contributed by atoms with Crippen molar-refractivity contribution < 1.29 is 0 Å². The Morgan fingerprint density at radius 1 is 0.759 bits per heavy atom. The third-order valence-electron chi connectivity index (χ3n) is 6.10.